The molecule has 0 aliphatic heterocycles. The van der Waals surface area contributed by atoms with Gasteiger partial charge in [0, 0.05) is 6.07 Å². The predicted molar refractivity (Wildman–Crippen MR) is 72.3 cm³/mol. The molecule has 1 aromatic heterocycles. The van der Waals surface area contributed by atoms with E-state index in [9.17, 15) is 9.18 Å². The molecule has 0 fully saturated rings. The summed E-state index contributed by atoms with van der Waals surface area (Å²) in [5, 5.41) is 2.63. The summed E-state index contributed by atoms with van der Waals surface area (Å²) in [7, 11) is 1.43. The summed E-state index contributed by atoms with van der Waals surface area (Å²) in [5.74, 6) is -0.488. The number of halogens is 2. The molecule has 0 saturated heterocycles. The van der Waals surface area contributed by atoms with Gasteiger partial charge >= 0.3 is 0 Å². The first-order chi connectivity index (χ1) is 9.56. The zero-order valence-corrected chi connectivity index (χ0v) is 11.3. The standard InChI is InChI=1S/C13H11ClFN3O2/c1-20-12-7-10(14)16-13(18-12)17-11(19)6-8-3-2-4-9(15)5-8/h2-5,7H,6H2,1H3,(H,16,17,18,19). The van der Waals surface area contributed by atoms with Gasteiger partial charge in [0.25, 0.3) is 0 Å². The fourth-order valence-electron chi connectivity index (χ4n) is 1.56. The molecular weight excluding hydrogens is 285 g/mol. The number of benzene rings is 1. The molecule has 5 nitrogen and oxygen atoms in total. The van der Waals surface area contributed by atoms with Gasteiger partial charge < -0.3 is 4.74 Å². The number of aromatic nitrogens is 2. The molecule has 2 aromatic rings. The number of amides is 1. The van der Waals surface area contributed by atoms with E-state index in [-0.39, 0.29) is 29.3 Å². The zero-order chi connectivity index (χ0) is 14.5. The normalized spacial score (nSPS) is 10.2. The molecule has 1 N–H and O–H groups in total. The fraction of sp³-hybridized carbons (Fsp3) is 0.154. The molecule has 0 aliphatic carbocycles. The van der Waals surface area contributed by atoms with Crippen LogP contribution in [0.15, 0.2) is 30.3 Å². The highest BCUT2D eigenvalue weighted by Crippen LogP contribution is 2.16. The topological polar surface area (TPSA) is 64.1 Å². The Kier molecular flexibility index (Phi) is 4.47. The number of methoxy groups -OCH3 is 1. The van der Waals surface area contributed by atoms with Gasteiger partial charge in [0.15, 0.2) is 0 Å². The number of nitrogens with zero attached hydrogens (tertiary/aromatic N) is 2. The van der Waals surface area contributed by atoms with Gasteiger partial charge in [0.1, 0.15) is 11.0 Å². The van der Waals surface area contributed by atoms with Crippen LogP contribution in [-0.4, -0.2) is 23.0 Å². The zero-order valence-electron chi connectivity index (χ0n) is 10.6. The van der Waals surface area contributed by atoms with Crippen molar-refractivity contribution in [2.45, 2.75) is 6.42 Å². The molecule has 1 aromatic carbocycles. The van der Waals surface area contributed by atoms with Gasteiger partial charge in [-0.3, -0.25) is 10.1 Å². The summed E-state index contributed by atoms with van der Waals surface area (Å²) in [5.41, 5.74) is 0.552. The third-order valence-electron chi connectivity index (χ3n) is 2.39. The predicted octanol–water partition coefficient (Wildman–Crippen LogP) is 2.46. The average molecular weight is 296 g/mol. The Balaban J connectivity index is 2.06. The smallest absolute Gasteiger partial charge is 0.234 e. The summed E-state index contributed by atoms with van der Waals surface area (Å²) in [6.45, 7) is 0. The molecule has 0 spiro atoms. The quantitative estimate of drug-likeness (QED) is 0.880. The van der Waals surface area contributed by atoms with E-state index in [4.69, 9.17) is 16.3 Å². The van der Waals surface area contributed by atoms with E-state index in [0.717, 1.165) is 0 Å². The number of hydrogen-bond donors (Lipinski definition) is 1. The maximum Gasteiger partial charge on any atom is 0.234 e. The first-order valence-electron chi connectivity index (χ1n) is 5.69. The Hall–Kier alpha value is -2.21. The van der Waals surface area contributed by atoms with Crippen molar-refractivity contribution in [2.24, 2.45) is 0 Å². The van der Waals surface area contributed by atoms with Crippen molar-refractivity contribution >= 4 is 23.5 Å². The minimum Gasteiger partial charge on any atom is -0.481 e. The van der Waals surface area contributed by atoms with Crippen molar-refractivity contribution < 1.29 is 13.9 Å². The number of carbonyl (C=O) groups is 1. The van der Waals surface area contributed by atoms with E-state index in [0.29, 0.717) is 5.56 Å². The van der Waals surface area contributed by atoms with Gasteiger partial charge in [-0.05, 0) is 17.7 Å². The monoisotopic (exact) mass is 295 g/mol. The fourth-order valence-corrected chi connectivity index (χ4v) is 1.73. The number of nitrogens with one attached hydrogen (secondary N) is 1. The van der Waals surface area contributed by atoms with E-state index in [2.05, 4.69) is 15.3 Å². The largest absolute Gasteiger partial charge is 0.481 e. The Morgan fingerprint density at radius 1 is 1.40 bits per heavy atom. The van der Waals surface area contributed by atoms with Crippen LogP contribution in [0, 0.1) is 5.82 Å². The number of rotatable bonds is 4. The highest BCUT2D eigenvalue weighted by Gasteiger charge is 2.09. The molecule has 0 radical (unpaired) electrons. The van der Waals surface area contributed by atoms with Crippen LogP contribution in [0.4, 0.5) is 10.3 Å². The van der Waals surface area contributed by atoms with Crippen LogP contribution in [0.1, 0.15) is 5.56 Å². The lowest BCUT2D eigenvalue weighted by Gasteiger charge is -2.06. The van der Waals surface area contributed by atoms with Crippen LogP contribution in [-0.2, 0) is 11.2 Å². The van der Waals surface area contributed by atoms with Crippen LogP contribution in [0.2, 0.25) is 5.15 Å². The van der Waals surface area contributed by atoms with E-state index >= 15 is 0 Å². The minimum absolute atomic E-state index is 0.00987. The van der Waals surface area contributed by atoms with Crippen LogP contribution in [0.5, 0.6) is 5.88 Å². The van der Waals surface area contributed by atoms with Crippen molar-refractivity contribution in [3.05, 3.63) is 46.9 Å². The summed E-state index contributed by atoms with van der Waals surface area (Å²) in [6.07, 6.45) is 0.00987. The first kappa shape index (κ1) is 14.2. The van der Waals surface area contributed by atoms with Gasteiger partial charge in [-0.2, -0.15) is 4.98 Å². The molecule has 0 atom stereocenters. The second-order valence-corrected chi connectivity index (χ2v) is 4.30. The molecule has 1 heterocycles. The molecule has 7 heteroatoms. The maximum atomic E-state index is 13.0. The molecule has 1 amide bonds. The lowest BCUT2D eigenvalue weighted by atomic mass is 10.1. The van der Waals surface area contributed by atoms with Gasteiger partial charge in [-0.25, -0.2) is 9.37 Å². The van der Waals surface area contributed by atoms with Crippen molar-refractivity contribution in [3.8, 4) is 5.88 Å². The molecule has 2 rings (SSSR count). The number of carbonyl (C=O) groups excluding carboxylic acids is 1. The minimum atomic E-state index is -0.393. The van der Waals surface area contributed by atoms with Gasteiger partial charge in [0.05, 0.1) is 13.5 Å². The van der Waals surface area contributed by atoms with E-state index < -0.39 is 5.82 Å². The van der Waals surface area contributed by atoms with E-state index in [1.165, 1.54) is 31.4 Å². The number of ether oxygens (including phenoxy) is 1. The lowest BCUT2D eigenvalue weighted by molar-refractivity contribution is -0.115. The maximum absolute atomic E-state index is 13.0. The van der Waals surface area contributed by atoms with Crippen LogP contribution in [0.3, 0.4) is 0 Å². The van der Waals surface area contributed by atoms with Gasteiger partial charge in [-0.1, -0.05) is 23.7 Å². The molecular formula is C13H11ClFN3O2. The van der Waals surface area contributed by atoms with E-state index in [1.54, 1.807) is 6.07 Å². The van der Waals surface area contributed by atoms with Crippen molar-refractivity contribution in [1.82, 2.24) is 9.97 Å². The van der Waals surface area contributed by atoms with Crippen LogP contribution < -0.4 is 10.1 Å². The molecule has 0 saturated carbocycles. The SMILES string of the molecule is COc1cc(Cl)nc(NC(=O)Cc2cccc(F)c2)n1. The third-order valence-corrected chi connectivity index (χ3v) is 2.58. The Morgan fingerprint density at radius 2 is 2.20 bits per heavy atom. The summed E-state index contributed by atoms with van der Waals surface area (Å²) >= 11 is 5.76. The first-order valence-corrected chi connectivity index (χ1v) is 6.07. The molecule has 0 bridgehead atoms. The highest BCUT2D eigenvalue weighted by atomic mass is 35.5. The number of hydrogen-bond acceptors (Lipinski definition) is 4. The molecule has 0 aliphatic rings. The van der Waals surface area contributed by atoms with Crippen molar-refractivity contribution in [1.29, 1.82) is 0 Å². The Bertz CT molecular complexity index is 637. The second-order valence-electron chi connectivity index (χ2n) is 3.91. The Morgan fingerprint density at radius 3 is 2.90 bits per heavy atom. The summed E-state index contributed by atoms with van der Waals surface area (Å²) in [4.78, 5) is 19.6. The van der Waals surface area contributed by atoms with Crippen molar-refractivity contribution in [2.75, 3.05) is 12.4 Å². The van der Waals surface area contributed by atoms with Gasteiger partial charge in [-0.15, -0.1) is 0 Å². The van der Waals surface area contributed by atoms with E-state index in [1.807, 2.05) is 0 Å². The van der Waals surface area contributed by atoms with Crippen LogP contribution >= 0.6 is 11.6 Å². The molecule has 104 valence electrons. The second kappa shape index (κ2) is 6.29. The average Bonchev–Trinajstić information content (AvgIpc) is 2.37. The summed E-state index contributed by atoms with van der Waals surface area (Å²) in [6, 6.07) is 7.22. The third kappa shape index (κ3) is 3.89. The Labute approximate surface area is 119 Å². The summed E-state index contributed by atoms with van der Waals surface area (Å²) < 4.78 is 17.9. The lowest BCUT2D eigenvalue weighted by Crippen LogP contribution is -2.16. The van der Waals surface area contributed by atoms with Crippen molar-refractivity contribution in [3.63, 3.8) is 0 Å². The highest BCUT2D eigenvalue weighted by molar-refractivity contribution is 6.29. The van der Waals surface area contributed by atoms with Crippen LogP contribution in [0.25, 0.3) is 0 Å². The number of anilines is 1. The molecule has 0 unspecified atom stereocenters. The van der Waals surface area contributed by atoms with Gasteiger partial charge in [0.2, 0.25) is 17.7 Å². The molecule has 20 heavy (non-hydrogen) atoms.